The topological polar surface area (TPSA) is 81.6 Å². The molecule has 0 saturated carbocycles. The molecule has 208 valence electrons. The first-order chi connectivity index (χ1) is 18.5. The summed E-state index contributed by atoms with van der Waals surface area (Å²) in [5.74, 6) is -3.75. The Kier molecular flexibility index (Phi) is 8.93. The van der Waals surface area contributed by atoms with Crippen molar-refractivity contribution < 1.29 is 32.2 Å². The largest absolute Gasteiger partial charge is 0.491 e. The van der Waals surface area contributed by atoms with E-state index in [0.29, 0.717) is 23.7 Å². The van der Waals surface area contributed by atoms with E-state index in [0.717, 1.165) is 38.7 Å². The van der Waals surface area contributed by atoms with Gasteiger partial charge in [0.1, 0.15) is 15.8 Å². The van der Waals surface area contributed by atoms with Crippen LogP contribution in [0.4, 0.5) is 13.2 Å². The Morgan fingerprint density at radius 3 is 2.51 bits per heavy atom. The van der Waals surface area contributed by atoms with Crippen molar-refractivity contribution in [3.05, 3.63) is 52.5 Å². The molecular weight excluding hydrogens is 555 g/mol. The van der Waals surface area contributed by atoms with E-state index >= 15 is 0 Å². The van der Waals surface area contributed by atoms with E-state index in [2.05, 4.69) is 21.9 Å². The molecule has 1 aliphatic heterocycles. The molecule has 0 aliphatic carbocycles. The molecule has 1 aromatic heterocycles. The van der Waals surface area contributed by atoms with Gasteiger partial charge in [0, 0.05) is 30.8 Å². The maximum absolute atomic E-state index is 12.3. The van der Waals surface area contributed by atoms with E-state index in [9.17, 15) is 22.8 Å². The van der Waals surface area contributed by atoms with Crippen LogP contribution < -0.4 is 4.74 Å². The second-order valence-corrected chi connectivity index (χ2v) is 10.8. The third-order valence-electron chi connectivity index (χ3n) is 6.24. The van der Waals surface area contributed by atoms with Crippen LogP contribution in [-0.2, 0) is 27.2 Å². The van der Waals surface area contributed by atoms with Gasteiger partial charge in [-0.25, -0.2) is 4.79 Å². The highest BCUT2D eigenvalue weighted by Crippen LogP contribution is 2.36. The lowest BCUT2D eigenvalue weighted by atomic mass is 9.95. The number of aromatic nitrogens is 2. The Balaban J connectivity index is 1.40. The fraction of sp³-hybridized carbons (Fsp3) is 0.407. The molecule has 0 atom stereocenters. The summed E-state index contributed by atoms with van der Waals surface area (Å²) in [5.41, 5.74) is 4.08. The number of nitrogens with zero attached hydrogens (tertiary/aromatic N) is 3. The zero-order valence-corrected chi connectivity index (χ0v) is 23.1. The van der Waals surface area contributed by atoms with Gasteiger partial charge in [0.2, 0.25) is 0 Å². The first-order valence-corrected chi connectivity index (χ1v) is 13.6. The molecule has 1 aliphatic rings. The molecule has 2 heterocycles. The average molecular weight is 582 g/mol. The lowest BCUT2D eigenvalue weighted by molar-refractivity contribution is -0.204. The van der Waals surface area contributed by atoms with E-state index in [4.69, 9.17) is 16.3 Å². The van der Waals surface area contributed by atoms with E-state index in [1.54, 1.807) is 0 Å². The number of ether oxygens (including phenoxy) is 2. The SMILES string of the molecule is CCc1c(CCN2CC(C(=O)OC(=O)C(F)(F)F)C2)cccc1-c1nnc(-c2ccc(OC(C)C)c(Cl)c2)s1. The molecule has 4 rings (SSSR count). The second-order valence-electron chi connectivity index (χ2n) is 9.43. The van der Waals surface area contributed by atoms with Crippen LogP contribution in [0, 0.1) is 5.92 Å². The molecule has 1 fully saturated rings. The number of rotatable bonds is 9. The molecule has 0 spiro atoms. The van der Waals surface area contributed by atoms with E-state index < -0.39 is 24.0 Å². The van der Waals surface area contributed by atoms with Crippen LogP contribution in [-0.4, -0.2) is 59.0 Å². The summed E-state index contributed by atoms with van der Waals surface area (Å²) in [6.45, 7) is 7.03. The molecule has 0 amide bonds. The third-order valence-corrected chi connectivity index (χ3v) is 7.54. The van der Waals surface area contributed by atoms with Gasteiger partial charge in [0.25, 0.3) is 0 Å². The van der Waals surface area contributed by atoms with Crippen molar-refractivity contribution >= 4 is 34.9 Å². The van der Waals surface area contributed by atoms with Crippen LogP contribution in [0.5, 0.6) is 5.75 Å². The second kappa shape index (κ2) is 12.0. The highest BCUT2D eigenvalue weighted by Gasteiger charge is 2.44. The van der Waals surface area contributed by atoms with E-state index in [1.807, 2.05) is 55.1 Å². The van der Waals surface area contributed by atoms with Gasteiger partial charge in [-0.3, -0.25) is 4.79 Å². The van der Waals surface area contributed by atoms with Gasteiger partial charge in [-0.05, 0) is 56.0 Å². The molecule has 0 radical (unpaired) electrons. The van der Waals surface area contributed by atoms with Crippen LogP contribution in [0.15, 0.2) is 36.4 Å². The van der Waals surface area contributed by atoms with Crippen LogP contribution >= 0.6 is 22.9 Å². The van der Waals surface area contributed by atoms with Crippen LogP contribution in [0.25, 0.3) is 21.1 Å². The Hall–Kier alpha value is -3.02. The van der Waals surface area contributed by atoms with Gasteiger partial charge in [-0.2, -0.15) is 13.2 Å². The molecule has 12 heteroatoms. The smallest absolute Gasteiger partial charge is 0.489 e. The average Bonchev–Trinajstić information content (AvgIpc) is 3.33. The lowest BCUT2D eigenvalue weighted by Gasteiger charge is -2.37. The van der Waals surface area contributed by atoms with Gasteiger partial charge < -0.3 is 14.4 Å². The molecule has 0 unspecified atom stereocenters. The Bertz CT molecular complexity index is 1360. The Morgan fingerprint density at radius 2 is 1.87 bits per heavy atom. The number of likely N-dealkylation sites (tertiary alicyclic amines) is 1. The fourth-order valence-electron chi connectivity index (χ4n) is 4.33. The normalized spacial score (nSPS) is 14.4. The predicted molar refractivity (Wildman–Crippen MR) is 142 cm³/mol. The molecule has 2 aromatic carbocycles. The summed E-state index contributed by atoms with van der Waals surface area (Å²) in [5, 5.41) is 10.8. The zero-order valence-electron chi connectivity index (χ0n) is 21.5. The molecule has 3 aromatic rings. The Labute approximate surface area is 232 Å². The van der Waals surface area contributed by atoms with Gasteiger partial charge in [0.05, 0.1) is 17.0 Å². The minimum atomic E-state index is -5.19. The molecule has 39 heavy (non-hydrogen) atoms. The standard InChI is InChI=1S/C27H27ClF3N3O4S/c1-4-19-16(10-11-34-13-18(14-34)25(35)38-26(36)27(29,30)31)6-5-7-20(19)24-33-32-23(39-24)17-8-9-22(21(28)12-17)37-15(2)3/h5-9,12,15,18H,4,10-11,13-14H2,1-3H3. The summed E-state index contributed by atoms with van der Waals surface area (Å²) in [4.78, 5) is 24.6. The summed E-state index contributed by atoms with van der Waals surface area (Å²) < 4.78 is 46.6. The predicted octanol–water partition coefficient (Wildman–Crippen LogP) is 5.98. The summed E-state index contributed by atoms with van der Waals surface area (Å²) >= 11 is 7.87. The van der Waals surface area contributed by atoms with Gasteiger partial charge >= 0.3 is 18.1 Å². The number of carbonyl (C=O) groups excluding carboxylic acids is 2. The lowest BCUT2D eigenvalue weighted by Crippen LogP contribution is -2.52. The zero-order chi connectivity index (χ0) is 28.3. The maximum Gasteiger partial charge on any atom is 0.491 e. The van der Waals surface area contributed by atoms with Crippen molar-refractivity contribution in [1.29, 1.82) is 0 Å². The fourth-order valence-corrected chi connectivity index (χ4v) is 5.45. The molecule has 7 nitrogen and oxygen atoms in total. The van der Waals surface area contributed by atoms with Crippen molar-refractivity contribution in [2.24, 2.45) is 5.92 Å². The van der Waals surface area contributed by atoms with Crippen molar-refractivity contribution in [2.75, 3.05) is 19.6 Å². The third kappa shape index (κ3) is 6.95. The number of hydrogen-bond donors (Lipinski definition) is 0. The molecule has 0 N–H and O–H groups in total. The number of halogens is 4. The van der Waals surface area contributed by atoms with Crippen molar-refractivity contribution in [3.63, 3.8) is 0 Å². The summed E-state index contributed by atoms with van der Waals surface area (Å²) in [6, 6.07) is 11.5. The number of esters is 2. The first kappa shape index (κ1) is 29.0. The maximum atomic E-state index is 12.3. The highest BCUT2D eigenvalue weighted by atomic mass is 35.5. The minimum absolute atomic E-state index is 0.00851. The van der Waals surface area contributed by atoms with E-state index in [1.165, 1.54) is 11.3 Å². The molecule has 1 saturated heterocycles. The van der Waals surface area contributed by atoms with Crippen molar-refractivity contribution in [1.82, 2.24) is 15.1 Å². The number of alkyl halides is 3. The Morgan fingerprint density at radius 1 is 1.15 bits per heavy atom. The van der Waals surface area contributed by atoms with Gasteiger partial charge in [-0.1, -0.05) is 48.1 Å². The van der Waals surface area contributed by atoms with Gasteiger partial charge in [-0.15, -0.1) is 10.2 Å². The van der Waals surface area contributed by atoms with Crippen LogP contribution in [0.2, 0.25) is 5.02 Å². The minimum Gasteiger partial charge on any atom is -0.489 e. The first-order valence-electron chi connectivity index (χ1n) is 12.4. The summed E-state index contributed by atoms with van der Waals surface area (Å²) in [6.07, 6.45) is -3.73. The van der Waals surface area contributed by atoms with Crippen LogP contribution in [0.1, 0.15) is 31.9 Å². The molecule has 0 bridgehead atoms. The number of carbonyl (C=O) groups is 2. The highest BCUT2D eigenvalue weighted by molar-refractivity contribution is 7.17. The van der Waals surface area contributed by atoms with E-state index in [-0.39, 0.29) is 19.2 Å². The van der Waals surface area contributed by atoms with Gasteiger partial charge in [0.15, 0.2) is 0 Å². The van der Waals surface area contributed by atoms with Crippen LogP contribution in [0.3, 0.4) is 0 Å². The summed E-state index contributed by atoms with van der Waals surface area (Å²) in [7, 11) is 0. The quantitative estimate of drug-likeness (QED) is 0.227. The monoisotopic (exact) mass is 581 g/mol. The number of benzene rings is 2. The van der Waals surface area contributed by atoms with Crippen molar-refractivity contribution in [2.45, 2.75) is 45.9 Å². The van der Waals surface area contributed by atoms with Crippen molar-refractivity contribution in [3.8, 4) is 26.9 Å². The molecular formula is C27H27ClF3N3O4S. The number of hydrogen-bond acceptors (Lipinski definition) is 8.